The fraction of sp³-hybridized carbons (Fsp3) is 0.600. The summed E-state index contributed by atoms with van der Waals surface area (Å²) >= 11 is 0. The van der Waals surface area contributed by atoms with Crippen molar-refractivity contribution < 1.29 is 0 Å². The third kappa shape index (κ3) is 2.64. The van der Waals surface area contributed by atoms with Crippen LogP contribution in [0.15, 0.2) is 18.5 Å². The van der Waals surface area contributed by atoms with E-state index in [1.165, 1.54) is 0 Å². The summed E-state index contributed by atoms with van der Waals surface area (Å²) < 4.78 is 0. The Kier molecular flexibility index (Phi) is 3.47. The Morgan fingerprint density at radius 2 is 1.87 bits per heavy atom. The van der Waals surface area contributed by atoms with Crippen molar-refractivity contribution in [3.63, 3.8) is 0 Å². The Hall–Kier alpha value is -1.20. The lowest BCUT2D eigenvalue weighted by Crippen LogP contribution is -2.52. The van der Waals surface area contributed by atoms with Gasteiger partial charge < -0.3 is 4.90 Å². The van der Waals surface area contributed by atoms with Crippen LogP contribution in [0.2, 0.25) is 0 Å². The number of hydrogen-bond donors (Lipinski definition) is 1. The molecule has 2 rings (SSSR count). The zero-order chi connectivity index (χ0) is 10.5. The average Bonchev–Trinajstić information content (AvgIpc) is 2.32. The van der Waals surface area contributed by atoms with Gasteiger partial charge in [-0.05, 0) is 6.07 Å². The number of aromatic nitrogens is 2. The maximum Gasteiger partial charge on any atom is 0.225 e. The molecule has 1 saturated heterocycles. The minimum absolute atomic E-state index is 0.841. The molecule has 0 amide bonds. The normalized spacial score (nSPS) is 18.1. The highest BCUT2D eigenvalue weighted by molar-refractivity contribution is 5.28. The Morgan fingerprint density at radius 3 is 2.47 bits per heavy atom. The van der Waals surface area contributed by atoms with Gasteiger partial charge in [-0.3, -0.25) is 5.43 Å². The lowest BCUT2D eigenvalue weighted by molar-refractivity contribution is 0.180. The Balaban J connectivity index is 1.88. The van der Waals surface area contributed by atoms with Crippen molar-refractivity contribution in [2.24, 2.45) is 0 Å². The number of nitrogens with one attached hydrogen (secondary N) is 1. The Morgan fingerprint density at radius 1 is 1.20 bits per heavy atom. The van der Waals surface area contributed by atoms with E-state index in [0.717, 1.165) is 38.7 Å². The SMILES string of the molecule is CCNN1CCN(c2ncccn2)CC1. The van der Waals surface area contributed by atoms with Crippen molar-refractivity contribution in [3.05, 3.63) is 18.5 Å². The lowest BCUT2D eigenvalue weighted by atomic mass is 10.4. The first-order chi connectivity index (χ1) is 7.40. The molecular formula is C10H17N5. The van der Waals surface area contributed by atoms with Gasteiger partial charge in [0.25, 0.3) is 0 Å². The largest absolute Gasteiger partial charge is 0.338 e. The minimum Gasteiger partial charge on any atom is -0.338 e. The summed E-state index contributed by atoms with van der Waals surface area (Å²) in [6.45, 7) is 7.11. The molecule has 15 heavy (non-hydrogen) atoms. The second-order valence-corrected chi connectivity index (χ2v) is 3.53. The van der Waals surface area contributed by atoms with E-state index in [1.807, 2.05) is 6.07 Å². The molecule has 0 aromatic carbocycles. The molecule has 0 bridgehead atoms. The number of anilines is 1. The van der Waals surface area contributed by atoms with Crippen LogP contribution >= 0.6 is 0 Å². The van der Waals surface area contributed by atoms with Crippen LogP contribution in [0.25, 0.3) is 0 Å². The average molecular weight is 207 g/mol. The lowest BCUT2D eigenvalue weighted by Gasteiger charge is -2.34. The highest BCUT2D eigenvalue weighted by Crippen LogP contribution is 2.07. The van der Waals surface area contributed by atoms with Gasteiger partial charge in [-0.1, -0.05) is 6.92 Å². The molecule has 0 saturated carbocycles. The number of nitrogens with zero attached hydrogens (tertiary/aromatic N) is 4. The highest BCUT2D eigenvalue weighted by atomic mass is 15.5. The second kappa shape index (κ2) is 5.04. The van der Waals surface area contributed by atoms with E-state index in [4.69, 9.17) is 0 Å². The molecule has 5 heteroatoms. The van der Waals surface area contributed by atoms with E-state index in [2.05, 4.69) is 32.2 Å². The molecule has 0 unspecified atom stereocenters. The van der Waals surface area contributed by atoms with Crippen molar-refractivity contribution >= 4 is 5.95 Å². The van der Waals surface area contributed by atoms with E-state index in [0.29, 0.717) is 0 Å². The van der Waals surface area contributed by atoms with Gasteiger partial charge in [0.1, 0.15) is 0 Å². The van der Waals surface area contributed by atoms with Crippen molar-refractivity contribution in [2.75, 3.05) is 37.6 Å². The smallest absolute Gasteiger partial charge is 0.225 e. The number of rotatable bonds is 3. The molecule has 0 spiro atoms. The molecule has 1 fully saturated rings. The molecule has 82 valence electrons. The van der Waals surface area contributed by atoms with E-state index in [9.17, 15) is 0 Å². The van der Waals surface area contributed by atoms with Gasteiger partial charge >= 0.3 is 0 Å². The van der Waals surface area contributed by atoms with E-state index in [1.54, 1.807) is 12.4 Å². The van der Waals surface area contributed by atoms with E-state index >= 15 is 0 Å². The van der Waals surface area contributed by atoms with Crippen molar-refractivity contribution in [1.82, 2.24) is 20.4 Å². The van der Waals surface area contributed by atoms with Crippen molar-refractivity contribution in [1.29, 1.82) is 0 Å². The summed E-state index contributed by atoms with van der Waals surface area (Å²) in [4.78, 5) is 10.7. The number of piperazine rings is 1. The topological polar surface area (TPSA) is 44.3 Å². The van der Waals surface area contributed by atoms with Gasteiger partial charge in [0.05, 0.1) is 0 Å². The molecular weight excluding hydrogens is 190 g/mol. The Bertz CT molecular complexity index is 281. The predicted octanol–water partition coefficient (Wildman–Crippen LogP) is 0.123. The Labute approximate surface area is 90.1 Å². The van der Waals surface area contributed by atoms with Crippen LogP contribution in [-0.4, -0.2) is 47.7 Å². The first-order valence-corrected chi connectivity index (χ1v) is 5.40. The van der Waals surface area contributed by atoms with Crippen LogP contribution < -0.4 is 10.3 Å². The van der Waals surface area contributed by atoms with Gasteiger partial charge in [-0.2, -0.15) is 0 Å². The molecule has 5 nitrogen and oxygen atoms in total. The zero-order valence-corrected chi connectivity index (χ0v) is 9.06. The third-order valence-electron chi connectivity index (χ3n) is 2.50. The van der Waals surface area contributed by atoms with Gasteiger partial charge in [0.15, 0.2) is 0 Å². The summed E-state index contributed by atoms with van der Waals surface area (Å²) in [5.41, 5.74) is 3.32. The van der Waals surface area contributed by atoms with Crippen LogP contribution in [0.3, 0.4) is 0 Å². The number of hydrogen-bond acceptors (Lipinski definition) is 5. The maximum atomic E-state index is 4.25. The highest BCUT2D eigenvalue weighted by Gasteiger charge is 2.17. The van der Waals surface area contributed by atoms with Crippen molar-refractivity contribution in [3.8, 4) is 0 Å². The molecule has 0 atom stereocenters. The number of hydrazine groups is 1. The fourth-order valence-corrected chi connectivity index (χ4v) is 1.74. The van der Waals surface area contributed by atoms with E-state index in [-0.39, 0.29) is 0 Å². The van der Waals surface area contributed by atoms with Gasteiger partial charge in [0.2, 0.25) is 5.95 Å². The quantitative estimate of drug-likeness (QED) is 0.763. The second-order valence-electron chi connectivity index (χ2n) is 3.53. The molecule has 1 aromatic heterocycles. The summed E-state index contributed by atoms with van der Waals surface area (Å²) in [7, 11) is 0. The summed E-state index contributed by atoms with van der Waals surface area (Å²) in [5, 5.41) is 2.25. The molecule has 0 aliphatic carbocycles. The van der Waals surface area contributed by atoms with Crippen molar-refractivity contribution in [2.45, 2.75) is 6.92 Å². The first-order valence-electron chi connectivity index (χ1n) is 5.40. The standard InChI is InChI=1S/C10H17N5/c1-2-13-15-8-6-14(7-9-15)10-11-4-3-5-12-10/h3-5,13H,2,6-9H2,1H3. The molecule has 1 N–H and O–H groups in total. The van der Waals surface area contributed by atoms with Crippen LogP contribution in [-0.2, 0) is 0 Å². The summed E-state index contributed by atoms with van der Waals surface area (Å²) in [6.07, 6.45) is 3.58. The third-order valence-corrected chi connectivity index (χ3v) is 2.50. The van der Waals surface area contributed by atoms with Crippen LogP contribution in [0.1, 0.15) is 6.92 Å². The first kappa shape index (κ1) is 10.3. The monoisotopic (exact) mass is 207 g/mol. The predicted molar refractivity (Wildman–Crippen MR) is 59.5 cm³/mol. The van der Waals surface area contributed by atoms with Crippen LogP contribution in [0.4, 0.5) is 5.95 Å². The summed E-state index contributed by atoms with van der Waals surface area (Å²) in [5.74, 6) is 0.841. The molecule has 2 heterocycles. The van der Waals surface area contributed by atoms with E-state index < -0.39 is 0 Å². The molecule has 1 aliphatic rings. The van der Waals surface area contributed by atoms with Crippen LogP contribution in [0.5, 0.6) is 0 Å². The minimum atomic E-state index is 0.841. The van der Waals surface area contributed by atoms with Gasteiger partial charge in [-0.25, -0.2) is 15.0 Å². The molecule has 1 aromatic rings. The molecule has 0 radical (unpaired) electrons. The zero-order valence-electron chi connectivity index (χ0n) is 9.06. The molecule has 1 aliphatic heterocycles. The van der Waals surface area contributed by atoms with Gasteiger partial charge in [-0.15, -0.1) is 0 Å². The maximum absolute atomic E-state index is 4.25. The van der Waals surface area contributed by atoms with Crippen LogP contribution in [0, 0.1) is 0 Å². The fourth-order valence-electron chi connectivity index (χ4n) is 1.74. The van der Waals surface area contributed by atoms with Gasteiger partial charge in [0, 0.05) is 45.1 Å². The summed E-state index contributed by atoms with van der Waals surface area (Å²) in [6, 6.07) is 1.85.